The molecule has 3 heterocycles. The molecule has 2 unspecified atom stereocenters. The number of aromatic nitrogens is 2. The third kappa shape index (κ3) is 12.3. The van der Waals surface area contributed by atoms with E-state index in [1.165, 1.54) is 4.57 Å². The molecule has 4 aromatic rings. The number of anilines is 1. The van der Waals surface area contributed by atoms with E-state index >= 15 is 0 Å². The van der Waals surface area contributed by atoms with E-state index in [1.807, 2.05) is 78.9 Å². The minimum Gasteiger partial charge on any atom is -0.497 e. The molecule has 2 aliphatic heterocycles. The van der Waals surface area contributed by atoms with Crippen LogP contribution in [0, 0.1) is 11.3 Å². The Kier molecular flexibility index (Phi) is 18.4. The fourth-order valence-electron chi connectivity index (χ4n) is 8.99. The number of methoxy groups -OCH3 is 2. The molecule has 0 spiro atoms. The van der Waals surface area contributed by atoms with Crippen molar-refractivity contribution in [3.63, 3.8) is 0 Å². The van der Waals surface area contributed by atoms with Crippen molar-refractivity contribution in [1.82, 2.24) is 14.2 Å². The number of nitrogens with zero attached hydrogens (tertiary/aromatic N) is 4. The fraction of sp³-hybridized carbons (Fsp3) is 0.510. The topological polar surface area (TPSA) is 157 Å². The van der Waals surface area contributed by atoms with Crippen molar-refractivity contribution in [3.8, 4) is 17.6 Å². The van der Waals surface area contributed by atoms with E-state index in [4.69, 9.17) is 42.3 Å². The van der Waals surface area contributed by atoms with Gasteiger partial charge in [0.05, 0.1) is 65.8 Å². The molecule has 0 radical (unpaired) electrons. The zero-order chi connectivity index (χ0) is 47.2. The summed E-state index contributed by atoms with van der Waals surface area (Å²) < 4.78 is 56.6. The molecule has 360 valence electrons. The Hall–Kier alpha value is -4.72. The third-order valence-corrected chi connectivity index (χ3v) is 14.3. The summed E-state index contributed by atoms with van der Waals surface area (Å²) in [5, 5.41) is 9.59. The largest absolute Gasteiger partial charge is 0.497 e. The Bertz CT molecular complexity index is 2220. The summed E-state index contributed by atoms with van der Waals surface area (Å²) in [5.74, 6) is 1.76. The molecule has 1 aliphatic carbocycles. The molecule has 3 aliphatic rings. The predicted octanol–water partition coefficient (Wildman–Crippen LogP) is 9.02. The molecule has 15 nitrogen and oxygen atoms in total. The number of nitrogens with one attached hydrogen (secondary N) is 1. The van der Waals surface area contributed by atoms with Gasteiger partial charge in [0.15, 0.2) is 12.0 Å². The van der Waals surface area contributed by atoms with Crippen LogP contribution in [-0.2, 0) is 44.9 Å². The van der Waals surface area contributed by atoms with Gasteiger partial charge in [-0.3, -0.25) is 9.40 Å². The van der Waals surface area contributed by atoms with E-state index in [1.54, 1.807) is 20.4 Å². The molecular formula is C51H66N5O10P. The van der Waals surface area contributed by atoms with Crippen LogP contribution in [0.2, 0.25) is 0 Å². The molecule has 6 atom stereocenters. The summed E-state index contributed by atoms with van der Waals surface area (Å²) in [7, 11) is 1.45. The number of nitriles is 1. The molecule has 3 aromatic carbocycles. The second kappa shape index (κ2) is 24.5. The Morgan fingerprint density at radius 2 is 1.52 bits per heavy atom. The van der Waals surface area contributed by atoms with Gasteiger partial charge in [0, 0.05) is 30.3 Å². The number of rotatable bonds is 22. The van der Waals surface area contributed by atoms with Crippen molar-refractivity contribution in [3.05, 3.63) is 130 Å². The number of hydrogen-bond acceptors (Lipinski definition) is 14. The lowest BCUT2D eigenvalue weighted by molar-refractivity contribution is -0.102. The maximum Gasteiger partial charge on any atom is 0.351 e. The Balaban J connectivity index is 1.33. The second-order valence-electron chi connectivity index (χ2n) is 17.3. The smallest absolute Gasteiger partial charge is 0.351 e. The minimum absolute atomic E-state index is 0.00506. The molecular weight excluding hydrogens is 874 g/mol. The monoisotopic (exact) mass is 939 g/mol. The number of ether oxygens (including phenoxy) is 6. The van der Waals surface area contributed by atoms with E-state index in [0.29, 0.717) is 37.0 Å². The SMILES string of the molecule is COc1ccc(C(OC[C@H]2O[C@@H](n3cc4c(nc3=O)NOCC4)[C@H](OCCOC3CC/C=C/CCC3)[C@@H]2OP(OCCC#N)N(C(C)C)C(C)C)(c2ccccc2)c2ccc(OC)cc2)cc1. The van der Waals surface area contributed by atoms with Crippen LogP contribution in [0.15, 0.2) is 102 Å². The van der Waals surface area contributed by atoms with Crippen molar-refractivity contribution in [2.24, 2.45) is 0 Å². The van der Waals surface area contributed by atoms with Crippen LogP contribution >= 0.6 is 8.53 Å². The number of fused-ring (bicyclic) bond motifs is 1. The molecule has 1 fully saturated rings. The summed E-state index contributed by atoms with van der Waals surface area (Å²) in [5.41, 5.74) is 4.37. The summed E-state index contributed by atoms with van der Waals surface area (Å²) in [6.07, 6.45) is 8.42. The summed E-state index contributed by atoms with van der Waals surface area (Å²) in [4.78, 5) is 23.9. The highest BCUT2D eigenvalue weighted by Crippen LogP contribution is 2.51. The van der Waals surface area contributed by atoms with Crippen LogP contribution in [0.3, 0.4) is 0 Å². The van der Waals surface area contributed by atoms with Gasteiger partial charge in [0.25, 0.3) is 8.53 Å². The molecule has 1 saturated heterocycles. The molecule has 16 heteroatoms. The van der Waals surface area contributed by atoms with Crippen LogP contribution in [-0.4, -0.2) is 98.0 Å². The van der Waals surface area contributed by atoms with E-state index in [2.05, 4.69) is 61.1 Å². The first-order chi connectivity index (χ1) is 32.7. The highest BCUT2D eigenvalue weighted by molar-refractivity contribution is 7.44. The Morgan fingerprint density at radius 1 is 0.866 bits per heavy atom. The first kappa shape index (κ1) is 50.2. The first-order valence-electron chi connectivity index (χ1n) is 23.4. The molecule has 1 N–H and O–H groups in total. The van der Waals surface area contributed by atoms with Gasteiger partial charge in [-0.25, -0.2) is 14.9 Å². The van der Waals surface area contributed by atoms with E-state index in [0.717, 1.165) is 54.4 Å². The van der Waals surface area contributed by atoms with Gasteiger partial charge in [0.2, 0.25) is 0 Å². The van der Waals surface area contributed by atoms with Crippen LogP contribution in [0.25, 0.3) is 0 Å². The standard InChI is InChI=1S/C51H66N5O10P/c1-36(2)56(37(3)4)67(64-30-15-29-52)66-46-45(35-62-51(39-16-11-10-12-17-39,40-20-24-42(58-5)25-21-40)41-22-26-43(59-6)27-23-41)65-49(55-34-38-28-31-63-54-48(38)53-50(55)57)47(46)61-33-32-60-44-18-13-8-7-9-14-19-44/h7-8,10-12,16-17,20-27,34,36-37,44-47,49H,9,13-15,18-19,28,30-33,35H2,1-6H3,(H,53,54,57)/b8-7+/t44?,45-,46-,47-,49-,67?/m1/s1. The zero-order valence-electron chi connectivity index (χ0n) is 39.6. The van der Waals surface area contributed by atoms with Crippen LogP contribution in [0.5, 0.6) is 11.5 Å². The lowest BCUT2D eigenvalue weighted by atomic mass is 9.80. The number of benzene rings is 3. The van der Waals surface area contributed by atoms with Gasteiger partial charge in [-0.05, 0) is 101 Å². The average molecular weight is 940 g/mol. The molecule has 67 heavy (non-hydrogen) atoms. The van der Waals surface area contributed by atoms with Gasteiger partial charge in [0.1, 0.15) is 35.4 Å². The quantitative estimate of drug-likeness (QED) is 0.0345. The lowest BCUT2D eigenvalue weighted by Crippen LogP contribution is -2.43. The molecule has 0 bridgehead atoms. The molecule has 0 saturated carbocycles. The zero-order valence-corrected chi connectivity index (χ0v) is 40.5. The average Bonchev–Trinajstić information content (AvgIpc) is 3.67. The maximum atomic E-state index is 14.1. The van der Waals surface area contributed by atoms with Gasteiger partial charge >= 0.3 is 5.69 Å². The molecule has 7 rings (SSSR count). The summed E-state index contributed by atoms with van der Waals surface area (Å²) in [6, 6.07) is 27.9. The van der Waals surface area contributed by atoms with Crippen LogP contribution in [0.4, 0.5) is 5.82 Å². The van der Waals surface area contributed by atoms with Crippen LogP contribution in [0.1, 0.15) is 94.7 Å². The van der Waals surface area contributed by atoms with E-state index in [9.17, 15) is 10.1 Å². The summed E-state index contributed by atoms with van der Waals surface area (Å²) in [6.45, 7) is 9.40. The number of allylic oxidation sites excluding steroid dienone is 2. The minimum atomic E-state index is -1.83. The van der Waals surface area contributed by atoms with E-state index < -0.39 is 44.4 Å². The molecule has 1 aromatic heterocycles. The predicted molar refractivity (Wildman–Crippen MR) is 256 cm³/mol. The number of hydrogen-bond donors (Lipinski definition) is 1. The third-order valence-electron chi connectivity index (χ3n) is 12.2. The lowest BCUT2D eigenvalue weighted by Gasteiger charge is -2.39. The Morgan fingerprint density at radius 3 is 2.18 bits per heavy atom. The van der Waals surface area contributed by atoms with Gasteiger partial charge in [-0.2, -0.15) is 10.2 Å². The van der Waals surface area contributed by atoms with Gasteiger partial charge in [-0.15, -0.1) is 0 Å². The van der Waals surface area contributed by atoms with Crippen molar-refractivity contribution in [2.45, 2.75) is 121 Å². The van der Waals surface area contributed by atoms with Crippen LogP contribution < -0.4 is 20.6 Å². The second-order valence-corrected chi connectivity index (χ2v) is 18.7. The highest BCUT2D eigenvalue weighted by Gasteiger charge is 2.52. The van der Waals surface area contributed by atoms with Gasteiger partial charge < -0.3 is 37.5 Å². The van der Waals surface area contributed by atoms with Crippen molar-refractivity contribution in [2.75, 3.05) is 52.7 Å². The normalized spacial score (nSPS) is 21.8. The van der Waals surface area contributed by atoms with Crippen molar-refractivity contribution < 1.29 is 42.3 Å². The maximum absolute atomic E-state index is 14.1. The summed E-state index contributed by atoms with van der Waals surface area (Å²) >= 11 is 0. The van der Waals surface area contributed by atoms with Crippen molar-refractivity contribution in [1.29, 1.82) is 5.26 Å². The first-order valence-corrected chi connectivity index (χ1v) is 24.6. The van der Waals surface area contributed by atoms with Gasteiger partial charge in [-0.1, -0.05) is 66.7 Å². The molecule has 0 amide bonds. The Labute approximate surface area is 396 Å². The highest BCUT2D eigenvalue weighted by atomic mass is 31.2. The fourth-order valence-corrected chi connectivity index (χ4v) is 10.8. The van der Waals surface area contributed by atoms with E-state index in [-0.39, 0.29) is 44.4 Å². The van der Waals surface area contributed by atoms with Crippen molar-refractivity contribution >= 4 is 14.3 Å².